The van der Waals surface area contributed by atoms with Gasteiger partial charge in [-0.3, -0.25) is 0 Å². The van der Waals surface area contributed by atoms with Crippen LogP contribution in [0, 0.1) is 0 Å². The van der Waals surface area contributed by atoms with Gasteiger partial charge in [0.2, 0.25) is 0 Å². The van der Waals surface area contributed by atoms with Gasteiger partial charge in [0.15, 0.2) is 0 Å². The average molecular weight is 312 g/mol. The smallest absolute Gasteiger partial charge is 0.319 e. The molecule has 0 amide bonds. The molecule has 110 valence electrons. The molecule has 0 saturated heterocycles. The Labute approximate surface area is 118 Å². The Morgan fingerprint density at radius 1 is 0.850 bits per heavy atom. The zero-order valence-electron chi connectivity index (χ0n) is 9.99. The first kappa shape index (κ1) is 16.7. The van der Waals surface area contributed by atoms with Gasteiger partial charge in [-0.15, -0.1) is 12.4 Å². The number of hydrogen-bond acceptors (Lipinski definition) is 1. The standard InChI is InChI=1S/C13H10F5N.ClH/c14-12(15,13(16,17)18)11(19)10-6-5-8-3-1-2-4-9(8)7-10;/h1-7,11H,19H2;1H/t11-;/m0./s1. The number of fused-ring (bicyclic) bond motifs is 1. The molecule has 2 aromatic rings. The number of benzene rings is 2. The molecule has 0 bridgehead atoms. The van der Waals surface area contributed by atoms with Crippen molar-refractivity contribution in [3.63, 3.8) is 0 Å². The largest absolute Gasteiger partial charge is 0.455 e. The minimum absolute atomic E-state index is 0. The van der Waals surface area contributed by atoms with Gasteiger partial charge in [-0.1, -0.05) is 36.4 Å². The molecule has 0 aliphatic heterocycles. The molecule has 0 radical (unpaired) electrons. The van der Waals surface area contributed by atoms with Crippen molar-refractivity contribution in [1.82, 2.24) is 0 Å². The number of nitrogens with two attached hydrogens (primary N) is 1. The van der Waals surface area contributed by atoms with Crippen LogP contribution in [0.15, 0.2) is 42.5 Å². The quantitative estimate of drug-likeness (QED) is 0.814. The van der Waals surface area contributed by atoms with Gasteiger partial charge in [-0.2, -0.15) is 22.0 Å². The van der Waals surface area contributed by atoms with Gasteiger partial charge in [-0.25, -0.2) is 0 Å². The lowest BCUT2D eigenvalue weighted by atomic mass is 9.98. The number of alkyl halides is 5. The summed E-state index contributed by atoms with van der Waals surface area (Å²) in [4.78, 5) is 0. The molecule has 7 heteroatoms. The first-order valence-corrected chi connectivity index (χ1v) is 5.42. The monoisotopic (exact) mass is 311 g/mol. The third kappa shape index (κ3) is 2.86. The summed E-state index contributed by atoms with van der Waals surface area (Å²) in [6.45, 7) is 0. The van der Waals surface area contributed by atoms with E-state index in [0.717, 1.165) is 5.39 Å². The van der Waals surface area contributed by atoms with Gasteiger partial charge in [0, 0.05) is 0 Å². The van der Waals surface area contributed by atoms with Crippen molar-refractivity contribution in [2.75, 3.05) is 0 Å². The molecule has 1 atom stereocenters. The zero-order valence-corrected chi connectivity index (χ0v) is 10.8. The van der Waals surface area contributed by atoms with Crippen molar-refractivity contribution in [2.45, 2.75) is 18.1 Å². The summed E-state index contributed by atoms with van der Waals surface area (Å²) < 4.78 is 63.1. The van der Waals surface area contributed by atoms with Crippen LogP contribution in [0.3, 0.4) is 0 Å². The number of halogens is 6. The van der Waals surface area contributed by atoms with Crippen LogP contribution in [0.2, 0.25) is 0 Å². The highest BCUT2D eigenvalue weighted by Gasteiger charge is 2.61. The Hall–Kier alpha value is -1.40. The second kappa shape index (κ2) is 5.54. The van der Waals surface area contributed by atoms with Crippen molar-refractivity contribution >= 4 is 23.2 Å². The summed E-state index contributed by atoms with van der Waals surface area (Å²) >= 11 is 0. The van der Waals surface area contributed by atoms with Crippen LogP contribution < -0.4 is 5.73 Å². The van der Waals surface area contributed by atoms with E-state index in [9.17, 15) is 22.0 Å². The third-order valence-corrected chi connectivity index (χ3v) is 2.90. The Kier molecular flexibility index (Phi) is 4.61. The van der Waals surface area contributed by atoms with E-state index < -0.39 is 18.1 Å². The summed E-state index contributed by atoms with van der Waals surface area (Å²) in [6.07, 6.45) is -5.67. The molecule has 0 fully saturated rings. The van der Waals surface area contributed by atoms with E-state index in [1.54, 1.807) is 24.3 Å². The van der Waals surface area contributed by atoms with Crippen LogP contribution in [0.4, 0.5) is 22.0 Å². The highest BCUT2D eigenvalue weighted by Crippen LogP contribution is 2.43. The summed E-state index contributed by atoms with van der Waals surface area (Å²) in [5, 5.41) is 1.31. The molecular formula is C13H11ClF5N. The molecule has 0 aliphatic carbocycles. The van der Waals surface area contributed by atoms with Gasteiger partial charge < -0.3 is 5.73 Å². The van der Waals surface area contributed by atoms with Crippen LogP contribution >= 0.6 is 12.4 Å². The fourth-order valence-corrected chi connectivity index (χ4v) is 1.79. The van der Waals surface area contributed by atoms with Crippen molar-refractivity contribution in [1.29, 1.82) is 0 Å². The summed E-state index contributed by atoms with van der Waals surface area (Å²) in [6, 6.07) is 8.25. The van der Waals surface area contributed by atoms with Gasteiger partial charge in [0.05, 0.1) is 0 Å². The van der Waals surface area contributed by atoms with Crippen molar-refractivity contribution in [3.05, 3.63) is 48.0 Å². The van der Waals surface area contributed by atoms with Crippen LogP contribution in [-0.4, -0.2) is 12.1 Å². The Morgan fingerprint density at radius 3 is 1.95 bits per heavy atom. The molecule has 0 aromatic heterocycles. The maximum absolute atomic E-state index is 13.2. The topological polar surface area (TPSA) is 26.0 Å². The fraction of sp³-hybridized carbons (Fsp3) is 0.231. The van der Waals surface area contributed by atoms with E-state index in [1.807, 2.05) is 0 Å². The molecule has 2 rings (SSSR count). The predicted octanol–water partition coefficient (Wildman–Crippen LogP) is 4.46. The number of hydrogen-bond donors (Lipinski definition) is 1. The van der Waals surface area contributed by atoms with E-state index in [0.29, 0.717) is 5.39 Å². The third-order valence-electron chi connectivity index (χ3n) is 2.90. The van der Waals surface area contributed by atoms with Crippen LogP contribution in [0.5, 0.6) is 0 Å². The Morgan fingerprint density at radius 2 is 1.40 bits per heavy atom. The molecular weight excluding hydrogens is 301 g/mol. The maximum atomic E-state index is 13.2. The van der Waals surface area contributed by atoms with E-state index in [2.05, 4.69) is 0 Å². The SMILES string of the molecule is Cl.N[C@@H](c1ccc2ccccc2c1)C(F)(F)C(F)(F)F. The van der Waals surface area contributed by atoms with E-state index >= 15 is 0 Å². The van der Waals surface area contributed by atoms with Gasteiger partial charge in [0.25, 0.3) is 0 Å². The van der Waals surface area contributed by atoms with Crippen LogP contribution in [-0.2, 0) is 0 Å². The normalized spacial score (nSPS) is 13.9. The predicted molar refractivity (Wildman–Crippen MR) is 69.1 cm³/mol. The summed E-state index contributed by atoms with van der Waals surface area (Å²) in [5.41, 5.74) is 4.83. The molecule has 0 aliphatic rings. The van der Waals surface area contributed by atoms with Crippen molar-refractivity contribution < 1.29 is 22.0 Å². The second-order valence-corrected chi connectivity index (χ2v) is 4.20. The lowest BCUT2D eigenvalue weighted by Gasteiger charge is -2.26. The Bertz CT molecular complexity index is 597. The fourth-order valence-electron chi connectivity index (χ4n) is 1.79. The van der Waals surface area contributed by atoms with Gasteiger partial charge >= 0.3 is 12.1 Å². The molecule has 0 spiro atoms. The lowest BCUT2D eigenvalue weighted by Crippen LogP contribution is -2.45. The molecule has 20 heavy (non-hydrogen) atoms. The van der Waals surface area contributed by atoms with Gasteiger partial charge in [0.1, 0.15) is 6.04 Å². The number of rotatable bonds is 2. The average Bonchev–Trinajstić information content (AvgIpc) is 2.36. The molecule has 0 heterocycles. The molecule has 2 N–H and O–H groups in total. The minimum atomic E-state index is -5.67. The first-order valence-electron chi connectivity index (χ1n) is 5.42. The van der Waals surface area contributed by atoms with Crippen LogP contribution in [0.25, 0.3) is 10.8 Å². The molecule has 0 saturated carbocycles. The van der Waals surface area contributed by atoms with Gasteiger partial charge in [-0.05, 0) is 22.4 Å². The summed E-state index contributed by atoms with van der Waals surface area (Å²) in [5.74, 6) is -4.96. The minimum Gasteiger partial charge on any atom is -0.319 e. The Balaban J connectivity index is 0.00000200. The van der Waals surface area contributed by atoms with E-state index in [4.69, 9.17) is 5.73 Å². The van der Waals surface area contributed by atoms with E-state index in [1.165, 1.54) is 18.2 Å². The molecule has 0 unspecified atom stereocenters. The van der Waals surface area contributed by atoms with Crippen molar-refractivity contribution in [3.8, 4) is 0 Å². The summed E-state index contributed by atoms with van der Waals surface area (Å²) in [7, 11) is 0. The zero-order chi connectivity index (χ0) is 14.3. The molecule has 2 aromatic carbocycles. The second-order valence-electron chi connectivity index (χ2n) is 4.20. The highest BCUT2D eigenvalue weighted by molar-refractivity contribution is 5.85. The lowest BCUT2D eigenvalue weighted by molar-refractivity contribution is -0.290. The van der Waals surface area contributed by atoms with Crippen molar-refractivity contribution in [2.24, 2.45) is 5.73 Å². The first-order chi connectivity index (χ1) is 8.73. The maximum Gasteiger partial charge on any atom is 0.455 e. The molecule has 1 nitrogen and oxygen atoms in total. The van der Waals surface area contributed by atoms with E-state index in [-0.39, 0.29) is 18.0 Å². The van der Waals surface area contributed by atoms with Crippen LogP contribution in [0.1, 0.15) is 11.6 Å². The highest BCUT2D eigenvalue weighted by atomic mass is 35.5.